The number of ether oxygens (including phenoxy) is 2. The summed E-state index contributed by atoms with van der Waals surface area (Å²) < 4.78 is 11.3. The summed E-state index contributed by atoms with van der Waals surface area (Å²) in [5.41, 5.74) is 1.22. The average Bonchev–Trinajstić information content (AvgIpc) is 2.53. The summed E-state index contributed by atoms with van der Waals surface area (Å²) in [4.78, 5) is 0. The van der Waals surface area contributed by atoms with E-state index >= 15 is 0 Å². The second-order valence-electron chi connectivity index (χ2n) is 6.55. The third-order valence-corrected chi connectivity index (χ3v) is 3.91. The molecule has 0 unspecified atom stereocenters. The molecule has 0 amide bonds. The quantitative estimate of drug-likeness (QED) is 0.548. The fourth-order valence-electron chi connectivity index (χ4n) is 2.69. The summed E-state index contributed by atoms with van der Waals surface area (Å²) in [5.74, 6) is 1.34. The maximum absolute atomic E-state index is 5.75. The molecule has 0 fully saturated rings. The fraction of sp³-hybridized carbons (Fsp3) is 0.524. The van der Waals surface area contributed by atoms with Gasteiger partial charge in [0, 0.05) is 13.0 Å². The van der Waals surface area contributed by atoms with Crippen LogP contribution in [0.4, 0.5) is 0 Å². The summed E-state index contributed by atoms with van der Waals surface area (Å²) in [6.45, 7) is 10.2. The Kier molecular flexibility index (Phi) is 9.58. The number of benzene rings is 1. The molecule has 2 nitrogen and oxygen atoms in total. The summed E-state index contributed by atoms with van der Waals surface area (Å²) in [7, 11) is 1.79. The number of allylic oxidation sites excluding steroid dienone is 2. The van der Waals surface area contributed by atoms with Gasteiger partial charge < -0.3 is 9.47 Å². The minimum absolute atomic E-state index is 0.270. The van der Waals surface area contributed by atoms with E-state index < -0.39 is 0 Å². The second-order valence-corrected chi connectivity index (χ2v) is 6.55. The minimum atomic E-state index is 0.270. The Morgan fingerprint density at radius 3 is 2.22 bits per heavy atom. The van der Waals surface area contributed by atoms with Gasteiger partial charge in [0.1, 0.15) is 0 Å². The zero-order valence-electron chi connectivity index (χ0n) is 15.2. The lowest BCUT2D eigenvalue weighted by molar-refractivity contribution is 0.0379. The normalized spacial score (nSPS) is 16.3. The molecule has 0 heterocycles. The highest BCUT2D eigenvalue weighted by atomic mass is 16.5. The van der Waals surface area contributed by atoms with Crippen molar-refractivity contribution in [2.24, 2.45) is 17.8 Å². The van der Waals surface area contributed by atoms with Gasteiger partial charge in [-0.25, -0.2) is 0 Å². The molecule has 128 valence electrons. The van der Waals surface area contributed by atoms with Crippen LogP contribution >= 0.6 is 0 Å². The molecular weight excluding hydrogens is 284 g/mol. The summed E-state index contributed by atoms with van der Waals surface area (Å²) in [6.07, 6.45) is 8.90. The molecule has 0 saturated carbocycles. The molecule has 0 saturated heterocycles. The van der Waals surface area contributed by atoms with Gasteiger partial charge in [0.05, 0.1) is 19.3 Å². The molecule has 1 aromatic carbocycles. The van der Waals surface area contributed by atoms with Crippen molar-refractivity contribution < 1.29 is 9.47 Å². The highest BCUT2D eigenvalue weighted by Crippen LogP contribution is 2.17. The lowest BCUT2D eigenvalue weighted by atomic mass is 9.94. The first-order chi connectivity index (χ1) is 11.0. The third kappa shape index (κ3) is 8.15. The first kappa shape index (κ1) is 19.7. The van der Waals surface area contributed by atoms with Gasteiger partial charge in [-0.2, -0.15) is 0 Å². The van der Waals surface area contributed by atoms with Crippen molar-refractivity contribution in [2.45, 2.75) is 40.4 Å². The summed E-state index contributed by atoms with van der Waals surface area (Å²) in [6, 6.07) is 10.3. The van der Waals surface area contributed by atoms with Gasteiger partial charge in [-0.15, -0.1) is 0 Å². The first-order valence-corrected chi connectivity index (χ1v) is 8.54. The SMILES string of the molecule is CO[C@@H](C(C)C)[C@@H](C)/C=C/C=C/[C@@H](C)COCc1ccccc1. The van der Waals surface area contributed by atoms with Gasteiger partial charge in [0.15, 0.2) is 0 Å². The lowest BCUT2D eigenvalue weighted by Crippen LogP contribution is -2.24. The number of methoxy groups -OCH3 is 1. The van der Waals surface area contributed by atoms with Crippen LogP contribution in [0.5, 0.6) is 0 Å². The van der Waals surface area contributed by atoms with E-state index in [9.17, 15) is 0 Å². The lowest BCUT2D eigenvalue weighted by Gasteiger charge is -2.23. The van der Waals surface area contributed by atoms with Crippen LogP contribution in [-0.4, -0.2) is 19.8 Å². The van der Waals surface area contributed by atoms with E-state index in [2.05, 4.69) is 64.1 Å². The smallest absolute Gasteiger partial charge is 0.0717 e. The van der Waals surface area contributed by atoms with Crippen LogP contribution in [0.1, 0.15) is 33.3 Å². The van der Waals surface area contributed by atoms with Crippen LogP contribution in [0, 0.1) is 17.8 Å². The van der Waals surface area contributed by atoms with E-state index in [0.29, 0.717) is 24.4 Å². The molecule has 0 spiro atoms. The topological polar surface area (TPSA) is 18.5 Å². The molecule has 0 aromatic heterocycles. The predicted molar refractivity (Wildman–Crippen MR) is 98.3 cm³/mol. The Labute approximate surface area is 142 Å². The van der Waals surface area contributed by atoms with Crippen molar-refractivity contribution in [1.29, 1.82) is 0 Å². The molecule has 2 heteroatoms. The van der Waals surface area contributed by atoms with Gasteiger partial charge in [-0.1, -0.05) is 82.3 Å². The van der Waals surface area contributed by atoms with Gasteiger partial charge in [-0.3, -0.25) is 0 Å². The molecule has 23 heavy (non-hydrogen) atoms. The van der Waals surface area contributed by atoms with Crippen LogP contribution in [-0.2, 0) is 16.1 Å². The summed E-state index contributed by atoms with van der Waals surface area (Å²) in [5, 5.41) is 0. The van der Waals surface area contributed by atoms with Crippen LogP contribution < -0.4 is 0 Å². The first-order valence-electron chi connectivity index (χ1n) is 8.54. The Morgan fingerprint density at radius 2 is 1.61 bits per heavy atom. The van der Waals surface area contributed by atoms with Gasteiger partial charge >= 0.3 is 0 Å². The van der Waals surface area contributed by atoms with Crippen molar-refractivity contribution >= 4 is 0 Å². The van der Waals surface area contributed by atoms with Crippen molar-refractivity contribution in [3.63, 3.8) is 0 Å². The number of hydrogen-bond acceptors (Lipinski definition) is 2. The zero-order chi connectivity index (χ0) is 17.1. The van der Waals surface area contributed by atoms with Crippen molar-refractivity contribution in [1.82, 2.24) is 0 Å². The van der Waals surface area contributed by atoms with Crippen LogP contribution in [0.15, 0.2) is 54.6 Å². The molecular formula is C21H32O2. The molecule has 1 aromatic rings. The molecule has 0 aliphatic rings. The second kappa shape index (κ2) is 11.2. The minimum Gasteiger partial charge on any atom is -0.381 e. The highest BCUT2D eigenvalue weighted by molar-refractivity contribution is 5.13. The Hall–Kier alpha value is -1.38. The van der Waals surface area contributed by atoms with Gasteiger partial charge in [0.25, 0.3) is 0 Å². The zero-order valence-corrected chi connectivity index (χ0v) is 15.2. The molecule has 0 radical (unpaired) electrons. The predicted octanol–water partition coefficient (Wildman–Crippen LogP) is 5.26. The molecule has 1 rings (SSSR count). The monoisotopic (exact) mass is 316 g/mol. The average molecular weight is 316 g/mol. The van der Waals surface area contributed by atoms with Crippen LogP contribution in [0.25, 0.3) is 0 Å². The van der Waals surface area contributed by atoms with Gasteiger partial charge in [-0.05, 0) is 17.4 Å². The maximum atomic E-state index is 5.75. The van der Waals surface area contributed by atoms with E-state index in [4.69, 9.17) is 9.47 Å². The third-order valence-electron chi connectivity index (χ3n) is 3.91. The van der Waals surface area contributed by atoms with Crippen molar-refractivity contribution in [3.05, 3.63) is 60.2 Å². The molecule has 0 N–H and O–H groups in total. The van der Waals surface area contributed by atoms with E-state index in [1.54, 1.807) is 7.11 Å². The largest absolute Gasteiger partial charge is 0.381 e. The molecule has 0 bridgehead atoms. The van der Waals surface area contributed by atoms with Crippen molar-refractivity contribution in [3.8, 4) is 0 Å². The number of rotatable bonds is 10. The van der Waals surface area contributed by atoms with E-state index in [0.717, 1.165) is 6.61 Å². The Bertz CT molecular complexity index is 462. The van der Waals surface area contributed by atoms with E-state index in [1.165, 1.54) is 5.56 Å². The molecule has 3 atom stereocenters. The van der Waals surface area contributed by atoms with E-state index in [1.807, 2.05) is 18.2 Å². The fourth-order valence-corrected chi connectivity index (χ4v) is 2.69. The maximum Gasteiger partial charge on any atom is 0.0717 e. The number of hydrogen-bond donors (Lipinski definition) is 0. The highest BCUT2D eigenvalue weighted by Gasteiger charge is 2.17. The van der Waals surface area contributed by atoms with Crippen LogP contribution in [0.3, 0.4) is 0 Å². The summed E-state index contributed by atoms with van der Waals surface area (Å²) >= 11 is 0. The molecule has 0 aliphatic carbocycles. The van der Waals surface area contributed by atoms with Crippen LogP contribution in [0.2, 0.25) is 0 Å². The van der Waals surface area contributed by atoms with Crippen molar-refractivity contribution in [2.75, 3.05) is 13.7 Å². The Balaban J connectivity index is 2.29. The van der Waals surface area contributed by atoms with E-state index in [-0.39, 0.29) is 6.10 Å². The standard InChI is InChI=1S/C21H32O2/c1-17(2)21(22-5)19(4)12-10-9-11-18(3)15-23-16-20-13-7-6-8-14-20/h6-14,17-19,21H,15-16H2,1-5H3/b11-9+,12-10+/t18-,19+,21+/m1/s1. The Morgan fingerprint density at radius 1 is 0.957 bits per heavy atom. The van der Waals surface area contributed by atoms with Gasteiger partial charge in [0.2, 0.25) is 0 Å². The molecule has 0 aliphatic heterocycles.